The van der Waals surface area contributed by atoms with Crippen molar-refractivity contribution in [1.29, 1.82) is 0 Å². The van der Waals surface area contributed by atoms with Crippen LogP contribution in [0.5, 0.6) is 0 Å². The van der Waals surface area contributed by atoms with Crippen LogP contribution in [0.1, 0.15) is 0 Å². The Kier molecular flexibility index (Phi) is 16.4. The lowest BCUT2D eigenvalue weighted by molar-refractivity contribution is 0.602. The predicted molar refractivity (Wildman–Crippen MR) is 544 cm³/mol. The molecule has 16 nitrogen and oxygen atoms in total. The molecule has 0 saturated carbocycles. The summed E-state index contributed by atoms with van der Waals surface area (Å²) >= 11 is 0. The molecule has 628 valence electrons. The van der Waals surface area contributed by atoms with Gasteiger partial charge >= 0.3 is 0 Å². The van der Waals surface area contributed by atoms with E-state index in [-0.39, 0.29) is 0 Å². The number of hydrogen-bond acceptors (Lipinski definition) is 9. The van der Waals surface area contributed by atoms with Gasteiger partial charge in [-0.15, -0.1) is 0 Å². The van der Waals surface area contributed by atoms with Crippen LogP contribution in [-0.2, 0) is 0 Å². The van der Waals surface area contributed by atoms with E-state index in [0.29, 0.717) is 0 Å². The van der Waals surface area contributed by atoms with Gasteiger partial charge in [0.1, 0.15) is 85.7 Å². The summed E-state index contributed by atoms with van der Waals surface area (Å²) in [6.07, 6.45) is 7.23. The third-order valence-electron chi connectivity index (χ3n) is 26.8. The van der Waals surface area contributed by atoms with Gasteiger partial charge in [0.15, 0.2) is 12.0 Å². The number of imidazole rings is 3. The first-order valence-corrected chi connectivity index (χ1v) is 44.8. The molecule has 0 atom stereocenters. The summed E-state index contributed by atoms with van der Waals surface area (Å²) in [5, 5.41) is 18.7. The highest BCUT2D eigenvalue weighted by Gasteiger charge is 2.27. The first-order chi connectivity index (χ1) is 66.5. The van der Waals surface area contributed by atoms with Crippen molar-refractivity contribution in [2.45, 2.75) is 0 Å². The molecular weight excluding hydrogens is 1650 g/mol. The first-order valence-electron chi connectivity index (χ1n) is 44.8. The number of aromatic nitrogens is 11. The van der Waals surface area contributed by atoms with Crippen molar-refractivity contribution >= 4 is 219 Å². The number of hydrogen-bond donors (Lipinski definition) is 0. The Morgan fingerprint density at radius 2 is 0.582 bits per heavy atom. The predicted octanol–water partition coefficient (Wildman–Crippen LogP) is 30.9. The molecule has 0 aliphatic heterocycles. The molecule has 31 rings (SSSR count). The minimum absolute atomic E-state index is 0.786. The van der Waals surface area contributed by atoms with Gasteiger partial charge in [0.25, 0.3) is 0 Å². The molecule has 0 amide bonds. The fourth-order valence-electron chi connectivity index (χ4n) is 21.0. The molecule has 0 saturated heterocycles. The summed E-state index contributed by atoms with van der Waals surface area (Å²) in [5.41, 5.74) is 31.6. The molecule has 0 spiro atoms. The number of furan rings is 4. The van der Waals surface area contributed by atoms with Crippen LogP contribution in [-0.4, -0.2) is 51.9 Å². The Hall–Kier alpha value is -18.5. The second-order valence-corrected chi connectivity index (χ2v) is 34.0. The molecule has 12 aromatic heterocycles. The van der Waals surface area contributed by atoms with Crippen molar-refractivity contribution in [1.82, 2.24) is 51.9 Å². The lowest BCUT2D eigenvalue weighted by Gasteiger charge is -2.10. The Morgan fingerprint density at radius 3 is 1.15 bits per heavy atom. The number of nitrogens with zero attached hydrogens (tertiary/aromatic N) is 11. The minimum Gasteiger partial charge on any atom is -0.456 e. The van der Waals surface area contributed by atoms with E-state index in [4.69, 9.17) is 37.0 Å². The van der Waals surface area contributed by atoms with Crippen molar-refractivity contribution in [3.05, 3.63) is 432 Å². The SMILES string of the molecule is c1ccc(-n2cnc3c(-n4c5ccccc5c5c6c(ccc54)oc4ccccc46)cccc32)cc1.c1ccc(-n2cnc3c(-n4c5ccccc5c5c6oc7ccccc7c6ccc54)cccc32)cc1.c1ccc(-n2cnc3c(-n4c5ccccc5c5ccc6oc7ccccc7c6c54)cccc32)cc1.c1ccc2c(c1)oc1cc3c(cc12)c1ccccc1n3-c1ccc2ocnc2c1. The van der Waals surface area contributed by atoms with E-state index in [9.17, 15) is 0 Å². The number of para-hydroxylation sites is 14. The van der Waals surface area contributed by atoms with Crippen LogP contribution >= 0.6 is 0 Å². The highest BCUT2D eigenvalue weighted by atomic mass is 16.3. The van der Waals surface area contributed by atoms with Gasteiger partial charge in [0, 0.05) is 104 Å². The van der Waals surface area contributed by atoms with Gasteiger partial charge in [-0.05, 0) is 182 Å². The smallest absolute Gasteiger partial charge is 0.181 e. The zero-order chi connectivity index (χ0) is 87.7. The maximum Gasteiger partial charge on any atom is 0.181 e. The number of fused-ring (bicyclic) bond motifs is 31. The van der Waals surface area contributed by atoms with Crippen molar-refractivity contribution in [2.75, 3.05) is 0 Å². The molecule has 0 aliphatic rings. The van der Waals surface area contributed by atoms with Gasteiger partial charge in [0.2, 0.25) is 0 Å². The van der Waals surface area contributed by atoms with E-state index in [1.54, 1.807) is 0 Å². The van der Waals surface area contributed by atoms with Crippen LogP contribution in [0.3, 0.4) is 0 Å². The van der Waals surface area contributed by atoms with Crippen molar-refractivity contribution in [3.63, 3.8) is 0 Å². The van der Waals surface area contributed by atoms with E-state index in [1.165, 1.54) is 44.1 Å². The molecule has 0 fully saturated rings. The Balaban J connectivity index is 0.0000000892. The zero-order valence-corrected chi connectivity index (χ0v) is 71.5. The molecule has 134 heavy (non-hydrogen) atoms. The van der Waals surface area contributed by atoms with Gasteiger partial charge in [-0.3, -0.25) is 13.7 Å². The largest absolute Gasteiger partial charge is 0.456 e. The molecule has 0 bridgehead atoms. The van der Waals surface area contributed by atoms with Crippen molar-refractivity contribution < 1.29 is 22.1 Å². The second kappa shape index (κ2) is 29.5. The average molecular weight is 1720 g/mol. The average Bonchev–Trinajstić information content (AvgIpc) is 1.60. The van der Waals surface area contributed by atoms with E-state index >= 15 is 0 Å². The summed E-state index contributed by atoms with van der Waals surface area (Å²) < 4.78 is 46.2. The van der Waals surface area contributed by atoms with Crippen LogP contribution in [0.2, 0.25) is 0 Å². The molecule has 19 aromatic carbocycles. The fraction of sp³-hybridized carbons (Fsp3) is 0. The van der Waals surface area contributed by atoms with Gasteiger partial charge < -0.3 is 40.4 Å². The molecule has 0 N–H and O–H groups in total. The van der Waals surface area contributed by atoms with Crippen LogP contribution in [0.15, 0.2) is 454 Å². The van der Waals surface area contributed by atoms with Crippen LogP contribution in [0.25, 0.3) is 259 Å². The van der Waals surface area contributed by atoms with Gasteiger partial charge in [-0.1, -0.05) is 218 Å². The fourth-order valence-corrected chi connectivity index (χ4v) is 21.0. The molecule has 0 radical (unpaired) electrons. The number of benzene rings is 19. The summed E-state index contributed by atoms with van der Waals surface area (Å²) in [6.45, 7) is 0. The van der Waals surface area contributed by atoms with E-state index in [1.807, 2.05) is 91.8 Å². The minimum atomic E-state index is 0.786. The maximum absolute atomic E-state index is 6.44. The highest BCUT2D eigenvalue weighted by Crippen LogP contribution is 2.48. The maximum atomic E-state index is 6.44. The summed E-state index contributed by atoms with van der Waals surface area (Å²) in [7, 11) is 0. The second-order valence-electron chi connectivity index (χ2n) is 34.0. The lowest BCUT2D eigenvalue weighted by atomic mass is 10.1. The Morgan fingerprint density at radius 1 is 0.187 bits per heavy atom. The van der Waals surface area contributed by atoms with E-state index in [0.717, 1.165) is 221 Å². The number of rotatable bonds is 7. The quantitative estimate of drug-likeness (QED) is 0.152. The first kappa shape index (κ1) is 74.5. The molecule has 16 heteroatoms. The van der Waals surface area contributed by atoms with E-state index in [2.05, 4.69) is 371 Å². The Labute approximate surface area is 759 Å². The zero-order valence-electron chi connectivity index (χ0n) is 71.5. The van der Waals surface area contributed by atoms with E-state index < -0.39 is 0 Å². The monoisotopic (exact) mass is 1720 g/mol. The molecule has 0 unspecified atom stereocenters. The summed E-state index contributed by atoms with van der Waals surface area (Å²) in [5.74, 6) is 0. The topological polar surface area (TPSA) is 152 Å². The summed E-state index contributed by atoms with van der Waals surface area (Å²) in [4.78, 5) is 19.0. The molecular formula is C118H71N11O5. The van der Waals surface area contributed by atoms with Gasteiger partial charge in [-0.25, -0.2) is 19.9 Å². The van der Waals surface area contributed by atoms with Crippen LogP contribution in [0, 0.1) is 0 Å². The molecule has 12 heterocycles. The van der Waals surface area contributed by atoms with Crippen molar-refractivity contribution in [3.8, 4) is 39.8 Å². The standard InChI is InChI=1S/3C31H19N3O.C25H14N2O2/c1-2-9-20(10-3-1)33-19-32-30-26(33)14-8-15-27(30)34-24-13-6-4-12-23(24)29-25(34)18-17-22-21-11-5-7-16-28(21)35-31(22)29;1-2-9-20(10-3-1)33-19-32-30-25(33)14-8-15-26(30)34-24-13-6-4-11-21(24)22-17-18-28-29(31(22)34)23-12-5-7-16-27(23)35-28;1-2-9-20(10-3-1)33-19-32-31-25(33)14-8-15-26(31)34-23-13-6-4-11-21(23)29-24(34)17-18-28-30(29)22-12-5-7-16-27(22)35-28;1-3-7-21-16(5-1)18-12-19-17-6-2-4-8-23(17)29-25(19)13-22(18)27(21)15-9-10-24-20(11-15)26-14-28-24/h3*1-19H;1-14H. The third-order valence-corrected chi connectivity index (χ3v) is 26.8. The number of oxazole rings is 1. The Bertz CT molecular complexity index is 10200. The normalized spacial score (nSPS) is 12.0. The lowest BCUT2D eigenvalue weighted by Crippen LogP contribution is -1.96. The van der Waals surface area contributed by atoms with Gasteiger partial charge in [0.05, 0.1) is 88.5 Å². The molecule has 31 aromatic rings. The highest BCUT2D eigenvalue weighted by molar-refractivity contribution is 6.29. The third kappa shape index (κ3) is 11.3. The van der Waals surface area contributed by atoms with Crippen molar-refractivity contribution in [2.24, 2.45) is 0 Å². The van der Waals surface area contributed by atoms with Crippen LogP contribution in [0.4, 0.5) is 0 Å². The van der Waals surface area contributed by atoms with Gasteiger partial charge in [-0.2, -0.15) is 0 Å². The molecule has 0 aliphatic carbocycles. The summed E-state index contributed by atoms with van der Waals surface area (Å²) in [6, 6.07) is 141. The van der Waals surface area contributed by atoms with Crippen LogP contribution < -0.4 is 0 Å².